The highest BCUT2D eigenvalue weighted by molar-refractivity contribution is 6.24. The maximum Gasteiger partial charge on any atom is 0.341 e. The first-order valence-corrected chi connectivity index (χ1v) is 29.0. The summed E-state index contributed by atoms with van der Waals surface area (Å²) < 4.78 is 67.3. The molecular weight excluding hydrogens is 1170 g/mol. The van der Waals surface area contributed by atoms with E-state index in [1.807, 2.05) is 7.05 Å². The van der Waals surface area contributed by atoms with Crippen LogP contribution in [0.5, 0.6) is 23.0 Å². The monoisotopic (exact) mass is 1240 g/mol. The Morgan fingerprint density at radius 2 is 1.57 bits per heavy atom. The number of aliphatic hydroxyl groups is 2. The summed E-state index contributed by atoms with van der Waals surface area (Å²) in [6, 6.07) is 3.69. The van der Waals surface area contributed by atoms with E-state index < -0.39 is 123 Å². The standard InChI is InChI=1S/C43H58N4O12.C20H15F3N4O3/c1-21-12-11-13-22(2)42(55)45-33-28(20-44-47-17-15-46(9)16-18-47)37(52)30-31(38(33)53)36(51)26(6)40-32(30)41(54)43(8,59-40)57-19-14-29(56-10)23(3)39(58-27(7)48)25(5)35(50)24(4)34(21)49;21-8-1-2-15(13(22)3-8)27-7-12(20(29)30)17(28)9-4-14(23)19(25-18(9)27)26-5-10-11(6-26)16(10)24/h11-14,19-21,23-25,29,34-35,39,49-53H,15-18H2,1-10H3,(H,45,55);1-4,7,10-11,16H,5-6,24H2,(H,29,30)/b12-11+,19-14+,22-13-,44-20-;/t21-,23-,24+,25+,29-,34+,35+,39+,43-;10-,11+,16?/m0./s1. The minimum absolute atomic E-state index is 0.0272. The zero-order valence-corrected chi connectivity index (χ0v) is 50.7. The number of hydrazone groups is 1. The number of piperidine rings is 1. The number of carbonyl (C=O) groups is 4. The molecule has 9 N–H and O–H groups in total. The van der Waals surface area contributed by atoms with Crippen LogP contribution in [-0.2, 0) is 23.8 Å². The number of nitrogens with zero attached hydrogens (tertiary/aromatic N) is 6. The van der Waals surface area contributed by atoms with Gasteiger partial charge in [0.05, 0.1) is 64.1 Å². The maximum atomic E-state index is 14.8. The highest BCUT2D eigenvalue weighted by Crippen LogP contribution is 2.55. The molecule has 476 valence electrons. The number of aromatic hydroxyl groups is 3. The summed E-state index contributed by atoms with van der Waals surface area (Å²) in [7, 11) is 3.42. The first-order chi connectivity index (χ1) is 42.0. The largest absolute Gasteiger partial charge is 0.507 e. The van der Waals surface area contributed by atoms with Gasteiger partial charge >= 0.3 is 17.7 Å². The number of carboxylic acid groups (broad SMARTS) is 1. The molecule has 0 spiro atoms. The van der Waals surface area contributed by atoms with Gasteiger partial charge in [0.1, 0.15) is 40.6 Å². The van der Waals surface area contributed by atoms with Gasteiger partial charge in [-0.2, -0.15) is 5.10 Å². The smallest absolute Gasteiger partial charge is 0.341 e. The summed E-state index contributed by atoms with van der Waals surface area (Å²) in [5.74, 6) is -12.0. The van der Waals surface area contributed by atoms with Crippen molar-refractivity contribution in [2.45, 2.75) is 91.6 Å². The van der Waals surface area contributed by atoms with Gasteiger partial charge in [-0.1, -0.05) is 45.9 Å². The number of aromatic carboxylic acids is 1. The number of phenols is 3. The molecule has 7 heterocycles. The third kappa shape index (κ3) is 12.5. The molecule has 1 unspecified atom stereocenters. The summed E-state index contributed by atoms with van der Waals surface area (Å²) in [5, 5.41) is 75.9. The van der Waals surface area contributed by atoms with Crippen LogP contribution < -0.4 is 26.1 Å². The van der Waals surface area contributed by atoms with Crippen molar-refractivity contribution in [3.63, 3.8) is 0 Å². The number of likely N-dealkylation sites (N-methyl/N-ethyl adjacent to an activating group) is 1. The van der Waals surface area contributed by atoms with Crippen molar-refractivity contribution in [2.75, 3.05) is 63.6 Å². The Morgan fingerprint density at radius 1 is 0.899 bits per heavy atom. The van der Waals surface area contributed by atoms with Gasteiger partial charge in [0.2, 0.25) is 5.43 Å². The van der Waals surface area contributed by atoms with Crippen LogP contribution in [0.3, 0.4) is 0 Å². The fourth-order valence-corrected chi connectivity index (χ4v) is 12.1. The summed E-state index contributed by atoms with van der Waals surface area (Å²) >= 11 is 0. The van der Waals surface area contributed by atoms with Crippen molar-refractivity contribution >= 4 is 63.2 Å². The van der Waals surface area contributed by atoms with E-state index in [-0.39, 0.29) is 84.9 Å². The Kier molecular flexibility index (Phi) is 18.6. The van der Waals surface area contributed by atoms with E-state index in [0.717, 1.165) is 42.1 Å². The topological polar surface area (TPSA) is 322 Å². The van der Waals surface area contributed by atoms with Gasteiger partial charge in [0.15, 0.2) is 23.0 Å². The number of hydrogen-bond acceptors (Lipinski definition) is 20. The summed E-state index contributed by atoms with van der Waals surface area (Å²) in [6.45, 7) is 16.1. The molecule has 12 atom stereocenters. The molecule has 23 nitrogen and oxygen atoms in total. The van der Waals surface area contributed by atoms with Gasteiger partial charge in [-0.25, -0.2) is 22.9 Å². The van der Waals surface area contributed by atoms with Crippen molar-refractivity contribution < 1.29 is 81.9 Å². The predicted octanol–water partition coefficient (Wildman–Crippen LogP) is 6.23. The van der Waals surface area contributed by atoms with Crippen LogP contribution in [0.4, 0.5) is 24.7 Å². The van der Waals surface area contributed by atoms with E-state index in [2.05, 4.69) is 20.3 Å². The minimum atomic E-state index is -2.04. The number of hydrogen-bond donors (Lipinski definition) is 8. The Labute approximate surface area is 509 Å². The highest BCUT2D eigenvalue weighted by atomic mass is 19.1. The number of amides is 1. The van der Waals surface area contributed by atoms with Crippen molar-refractivity contribution in [3.05, 3.63) is 117 Å². The molecule has 1 aliphatic carbocycles. The molecule has 2 saturated heterocycles. The average Bonchev–Trinajstić information content (AvgIpc) is 1.78. The predicted molar refractivity (Wildman–Crippen MR) is 322 cm³/mol. The van der Waals surface area contributed by atoms with Crippen LogP contribution >= 0.6 is 0 Å². The number of carbonyl (C=O) groups excluding carboxylic acids is 3. The lowest BCUT2D eigenvalue weighted by Crippen LogP contribution is -2.46. The molecule has 26 heteroatoms. The Hall–Kier alpha value is -8.56. The van der Waals surface area contributed by atoms with Gasteiger partial charge in [0.25, 0.3) is 11.7 Å². The quantitative estimate of drug-likeness (QED) is 0.0387. The van der Waals surface area contributed by atoms with Crippen LogP contribution in [-0.4, -0.2) is 170 Å². The SMILES string of the molecule is CO[C@H]1/C=C/O[C@@]2(C)Oc3c(C)c(O)c4c(O)c(c(/C=N\N5CCN(C)CC5)c(O)c4c3C2=O)NC(=O)/C(C)=C\C=C\[C@H](C)[C@@H](O)[C@@H](C)[C@@H](O)[C@@H](C)[C@H](OC(C)=O)[C@H]1C.NC1[C@H]2CN(c3nc4c(cc3F)c(=O)c(C(=O)O)cn4-c3ccc(F)cc3F)C[C@@H]12. The lowest BCUT2D eigenvalue weighted by Gasteiger charge is -2.38. The van der Waals surface area contributed by atoms with Crippen molar-refractivity contribution in [2.24, 2.45) is 46.3 Å². The van der Waals surface area contributed by atoms with Gasteiger partial charge in [-0.15, -0.1) is 0 Å². The first kappa shape index (κ1) is 64.9. The summed E-state index contributed by atoms with van der Waals surface area (Å²) in [6.07, 6.45) is 5.77. The number of aliphatic hydroxyl groups excluding tert-OH is 2. The lowest BCUT2D eigenvalue weighted by molar-refractivity contribution is -0.160. The average molecular weight is 1240 g/mol. The third-order valence-corrected chi connectivity index (χ3v) is 17.7. The number of aromatic nitrogens is 2. The molecular formula is C63H73F3N8O15. The second kappa shape index (κ2) is 25.5. The van der Waals surface area contributed by atoms with Crippen molar-refractivity contribution in [1.29, 1.82) is 0 Å². The van der Waals surface area contributed by atoms with Gasteiger partial charge in [0, 0.05) is 119 Å². The number of nitrogens with two attached hydrogens (primary N) is 1. The van der Waals surface area contributed by atoms with Crippen LogP contribution in [0.15, 0.2) is 76.5 Å². The number of anilines is 2. The molecule has 5 aliphatic heterocycles. The van der Waals surface area contributed by atoms with Crippen molar-refractivity contribution in [3.8, 4) is 28.7 Å². The Morgan fingerprint density at radius 3 is 2.20 bits per heavy atom. The number of fused-ring (bicyclic) bond motifs is 16. The molecule has 11 rings (SSSR count). The second-order valence-corrected chi connectivity index (χ2v) is 23.7. The number of pyridine rings is 2. The van der Waals surface area contributed by atoms with Crippen LogP contribution in [0.2, 0.25) is 0 Å². The molecule has 3 fully saturated rings. The number of methoxy groups -OCH3 is 1. The number of piperazine rings is 1. The fraction of sp³-hybridized carbons (Fsp3) is 0.444. The lowest BCUT2D eigenvalue weighted by atomic mass is 9.78. The second-order valence-electron chi connectivity index (χ2n) is 23.7. The van der Waals surface area contributed by atoms with E-state index in [1.165, 1.54) is 59.4 Å². The third-order valence-electron chi connectivity index (χ3n) is 17.7. The molecule has 0 radical (unpaired) electrons. The number of benzene rings is 3. The number of ether oxygens (including phenoxy) is 4. The molecule has 1 saturated carbocycles. The number of nitrogens with one attached hydrogen (secondary N) is 1. The molecule has 5 aromatic rings. The fourth-order valence-electron chi connectivity index (χ4n) is 12.1. The van der Waals surface area contributed by atoms with Crippen LogP contribution in [0, 0.1) is 59.9 Å². The molecule has 1 amide bonds. The van der Waals surface area contributed by atoms with Gasteiger partial charge < -0.3 is 70.4 Å². The number of carboxylic acids is 1. The highest BCUT2D eigenvalue weighted by Gasteiger charge is 2.54. The van der Waals surface area contributed by atoms with Crippen molar-refractivity contribution in [1.82, 2.24) is 19.5 Å². The van der Waals surface area contributed by atoms with E-state index >= 15 is 0 Å². The maximum absolute atomic E-state index is 14.8. The number of rotatable bonds is 7. The van der Waals surface area contributed by atoms with E-state index in [4.69, 9.17) is 24.7 Å². The number of ketones is 1. The Bertz CT molecular complexity index is 3840. The number of esters is 1. The molecule has 5 bridgehead atoms. The van der Waals surface area contributed by atoms with Crippen LogP contribution in [0.1, 0.15) is 80.3 Å². The van der Waals surface area contributed by atoms with E-state index in [9.17, 15) is 67.8 Å². The first-order valence-electron chi connectivity index (χ1n) is 29.0. The summed E-state index contributed by atoms with van der Waals surface area (Å²) in [5.41, 5.74) is 3.59. The minimum Gasteiger partial charge on any atom is -0.507 e. The molecule has 6 aliphatic rings. The zero-order valence-electron chi connectivity index (χ0n) is 50.7. The van der Waals surface area contributed by atoms with E-state index in [1.54, 1.807) is 49.8 Å². The summed E-state index contributed by atoms with van der Waals surface area (Å²) in [4.78, 5) is 72.7. The number of Topliss-reactive ketones (excluding diaryl/α,β-unsaturated/α-hetero) is 1. The Balaban J connectivity index is 0.000000260. The number of phenolic OH excluding ortho intramolecular Hbond substituents is 3. The van der Waals surface area contributed by atoms with Crippen LogP contribution in [0.25, 0.3) is 27.5 Å². The molecule has 3 aromatic carbocycles. The van der Waals surface area contributed by atoms with E-state index in [0.29, 0.717) is 32.2 Å². The molecule has 89 heavy (non-hydrogen) atoms. The molecule has 2 aromatic heterocycles. The normalized spacial score (nSPS) is 28.8. The zero-order chi connectivity index (χ0) is 65.0. The van der Waals surface area contributed by atoms with Gasteiger partial charge in [-0.3, -0.25) is 28.8 Å². The van der Waals surface area contributed by atoms with Gasteiger partial charge in [-0.05, 0) is 57.0 Å². The number of halogens is 3. The number of allylic oxidation sites excluding steroid dienone is 2.